The van der Waals surface area contributed by atoms with E-state index in [9.17, 15) is 9.59 Å². The SMILES string of the molecule is CCOC(=O)C(C)C(C)(CC)CC(=O)c1ccccc1. The number of esters is 1. The maximum atomic E-state index is 12.4. The van der Waals surface area contributed by atoms with Crippen molar-refractivity contribution in [1.82, 2.24) is 0 Å². The molecule has 0 N–H and O–H groups in total. The van der Waals surface area contributed by atoms with Crippen molar-refractivity contribution >= 4 is 11.8 Å². The summed E-state index contributed by atoms with van der Waals surface area (Å²) in [5.74, 6) is -0.441. The monoisotopic (exact) mass is 276 g/mol. The van der Waals surface area contributed by atoms with E-state index in [1.54, 1.807) is 6.92 Å². The first-order valence-electron chi connectivity index (χ1n) is 7.19. The molecule has 110 valence electrons. The minimum atomic E-state index is -0.376. The summed E-state index contributed by atoms with van der Waals surface area (Å²) >= 11 is 0. The maximum absolute atomic E-state index is 12.4. The van der Waals surface area contributed by atoms with Crippen LogP contribution in [0.15, 0.2) is 30.3 Å². The fraction of sp³-hybridized carbons (Fsp3) is 0.529. The second kappa shape index (κ2) is 7.22. The minimum absolute atomic E-state index is 0.0751. The first kappa shape index (κ1) is 16.4. The summed E-state index contributed by atoms with van der Waals surface area (Å²) in [5, 5.41) is 0. The van der Waals surface area contributed by atoms with Crippen LogP contribution in [0, 0.1) is 11.3 Å². The molecule has 2 unspecified atom stereocenters. The highest BCUT2D eigenvalue weighted by Gasteiger charge is 2.37. The van der Waals surface area contributed by atoms with Crippen molar-refractivity contribution in [1.29, 1.82) is 0 Å². The third-order valence-corrected chi connectivity index (χ3v) is 4.15. The minimum Gasteiger partial charge on any atom is -0.466 e. The highest BCUT2D eigenvalue weighted by Crippen LogP contribution is 2.36. The molecule has 1 aromatic carbocycles. The molecule has 1 rings (SSSR count). The second-order valence-corrected chi connectivity index (χ2v) is 5.45. The largest absolute Gasteiger partial charge is 0.466 e. The molecule has 0 amide bonds. The summed E-state index contributed by atoms with van der Waals surface area (Å²) in [6, 6.07) is 9.22. The molecule has 0 saturated carbocycles. The smallest absolute Gasteiger partial charge is 0.309 e. The van der Waals surface area contributed by atoms with Gasteiger partial charge in [-0.1, -0.05) is 51.1 Å². The molecular formula is C17H24O3. The van der Waals surface area contributed by atoms with Crippen LogP contribution in [0.3, 0.4) is 0 Å². The average molecular weight is 276 g/mol. The first-order chi connectivity index (χ1) is 9.44. The maximum Gasteiger partial charge on any atom is 0.309 e. The van der Waals surface area contributed by atoms with Gasteiger partial charge in [-0.05, 0) is 18.8 Å². The topological polar surface area (TPSA) is 43.4 Å². The van der Waals surface area contributed by atoms with E-state index in [1.807, 2.05) is 51.1 Å². The summed E-state index contributed by atoms with van der Waals surface area (Å²) in [4.78, 5) is 24.3. The Kier molecular flexibility index (Phi) is 5.93. The highest BCUT2D eigenvalue weighted by atomic mass is 16.5. The summed E-state index contributed by atoms with van der Waals surface area (Å²) < 4.78 is 5.09. The molecule has 0 aliphatic heterocycles. The van der Waals surface area contributed by atoms with Crippen LogP contribution >= 0.6 is 0 Å². The Bertz CT molecular complexity index is 453. The van der Waals surface area contributed by atoms with Gasteiger partial charge in [-0.25, -0.2) is 0 Å². The van der Waals surface area contributed by atoms with Crippen LogP contribution in [-0.4, -0.2) is 18.4 Å². The number of benzene rings is 1. The second-order valence-electron chi connectivity index (χ2n) is 5.45. The molecule has 0 aliphatic rings. The Labute approximate surface area is 121 Å². The summed E-state index contributed by atoms with van der Waals surface area (Å²) in [5.41, 5.74) is 0.322. The lowest BCUT2D eigenvalue weighted by Gasteiger charge is -2.32. The molecule has 0 bridgehead atoms. The lowest BCUT2D eigenvalue weighted by atomic mass is 9.71. The Morgan fingerprint density at radius 1 is 1.20 bits per heavy atom. The van der Waals surface area contributed by atoms with Crippen LogP contribution < -0.4 is 0 Å². The standard InChI is InChI=1S/C17H24O3/c1-5-17(4,13(3)16(19)20-6-2)12-15(18)14-10-8-7-9-11-14/h7-11,13H,5-6,12H2,1-4H3. The van der Waals surface area contributed by atoms with Crippen LogP contribution in [0.5, 0.6) is 0 Å². The molecule has 20 heavy (non-hydrogen) atoms. The number of hydrogen-bond acceptors (Lipinski definition) is 3. The fourth-order valence-corrected chi connectivity index (χ4v) is 2.23. The Morgan fingerprint density at radius 2 is 1.80 bits per heavy atom. The van der Waals surface area contributed by atoms with Crippen molar-refractivity contribution in [3.63, 3.8) is 0 Å². The van der Waals surface area contributed by atoms with Crippen LogP contribution in [0.4, 0.5) is 0 Å². The number of hydrogen-bond donors (Lipinski definition) is 0. The van der Waals surface area contributed by atoms with Gasteiger partial charge in [0, 0.05) is 12.0 Å². The van der Waals surface area contributed by atoms with Gasteiger partial charge < -0.3 is 4.74 Å². The van der Waals surface area contributed by atoms with E-state index in [0.29, 0.717) is 18.6 Å². The normalized spacial score (nSPS) is 15.2. The summed E-state index contributed by atoms with van der Waals surface area (Å²) in [6.07, 6.45) is 1.11. The fourth-order valence-electron chi connectivity index (χ4n) is 2.23. The van der Waals surface area contributed by atoms with Crippen molar-refractivity contribution in [2.45, 2.75) is 40.5 Å². The Balaban J connectivity index is 2.84. The molecule has 3 heteroatoms. The lowest BCUT2D eigenvalue weighted by molar-refractivity contribution is -0.151. The number of carbonyl (C=O) groups excluding carboxylic acids is 2. The van der Waals surface area contributed by atoms with Gasteiger partial charge in [0.25, 0.3) is 0 Å². The van der Waals surface area contributed by atoms with Crippen LogP contribution in [0.1, 0.15) is 50.9 Å². The van der Waals surface area contributed by atoms with E-state index in [-0.39, 0.29) is 23.1 Å². The van der Waals surface area contributed by atoms with E-state index >= 15 is 0 Å². The number of ketones is 1. The first-order valence-corrected chi connectivity index (χ1v) is 7.19. The average Bonchev–Trinajstić information content (AvgIpc) is 2.47. The zero-order chi connectivity index (χ0) is 15.2. The van der Waals surface area contributed by atoms with Gasteiger partial charge in [-0.15, -0.1) is 0 Å². The summed E-state index contributed by atoms with van der Waals surface area (Å²) in [7, 11) is 0. The Morgan fingerprint density at radius 3 is 2.30 bits per heavy atom. The van der Waals surface area contributed by atoms with E-state index in [1.165, 1.54) is 0 Å². The molecule has 0 saturated heterocycles. The van der Waals surface area contributed by atoms with Gasteiger partial charge in [-0.3, -0.25) is 9.59 Å². The number of carbonyl (C=O) groups is 2. The number of Topliss-reactive ketones (excluding diaryl/α,β-unsaturated/α-hetero) is 1. The van der Waals surface area contributed by atoms with E-state index in [2.05, 4.69) is 0 Å². The van der Waals surface area contributed by atoms with Gasteiger partial charge in [0.15, 0.2) is 5.78 Å². The molecule has 3 nitrogen and oxygen atoms in total. The molecule has 0 aliphatic carbocycles. The van der Waals surface area contributed by atoms with Gasteiger partial charge in [-0.2, -0.15) is 0 Å². The molecule has 0 radical (unpaired) electrons. The molecular weight excluding hydrogens is 252 g/mol. The predicted octanol–water partition coefficient (Wildman–Crippen LogP) is 3.87. The highest BCUT2D eigenvalue weighted by molar-refractivity contribution is 5.96. The van der Waals surface area contributed by atoms with Crippen molar-refractivity contribution < 1.29 is 14.3 Å². The molecule has 0 heterocycles. The number of rotatable bonds is 7. The van der Waals surface area contributed by atoms with Crippen LogP contribution in [-0.2, 0) is 9.53 Å². The van der Waals surface area contributed by atoms with Gasteiger partial charge >= 0.3 is 5.97 Å². The van der Waals surface area contributed by atoms with Crippen molar-refractivity contribution in [3.8, 4) is 0 Å². The predicted molar refractivity (Wildman–Crippen MR) is 79.6 cm³/mol. The quantitative estimate of drug-likeness (QED) is 0.561. The van der Waals surface area contributed by atoms with Crippen molar-refractivity contribution in [2.75, 3.05) is 6.61 Å². The van der Waals surface area contributed by atoms with Crippen molar-refractivity contribution in [3.05, 3.63) is 35.9 Å². The van der Waals surface area contributed by atoms with Gasteiger partial charge in [0.1, 0.15) is 0 Å². The van der Waals surface area contributed by atoms with Crippen LogP contribution in [0.25, 0.3) is 0 Å². The van der Waals surface area contributed by atoms with Crippen molar-refractivity contribution in [2.24, 2.45) is 11.3 Å². The van der Waals surface area contributed by atoms with Gasteiger partial charge in [0.2, 0.25) is 0 Å². The van der Waals surface area contributed by atoms with E-state index in [0.717, 1.165) is 6.42 Å². The lowest BCUT2D eigenvalue weighted by Crippen LogP contribution is -2.34. The third kappa shape index (κ3) is 3.92. The molecule has 0 aromatic heterocycles. The van der Waals surface area contributed by atoms with E-state index < -0.39 is 0 Å². The van der Waals surface area contributed by atoms with Crippen LogP contribution in [0.2, 0.25) is 0 Å². The number of ether oxygens (including phenoxy) is 1. The third-order valence-electron chi connectivity index (χ3n) is 4.15. The zero-order valence-corrected chi connectivity index (χ0v) is 12.8. The molecule has 0 spiro atoms. The molecule has 1 aromatic rings. The Hall–Kier alpha value is -1.64. The molecule has 2 atom stereocenters. The molecule has 0 fully saturated rings. The zero-order valence-electron chi connectivity index (χ0n) is 12.8. The van der Waals surface area contributed by atoms with Gasteiger partial charge in [0.05, 0.1) is 12.5 Å². The summed E-state index contributed by atoms with van der Waals surface area (Å²) in [6.45, 7) is 8.00. The van der Waals surface area contributed by atoms with E-state index in [4.69, 9.17) is 4.74 Å².